The smallest absolute Gasteiger partial charge is 0.451 e. The van der Waals surface area contributed by atoms with Crippen molar-refractivity contribution < 1.29 is 18.4 Å². The Kier molecular flexibility index (Phi) is 5.87. The van der Waals surface area contributed by atoms with Crippen LogP contribution in [0.15, 0.2) is 12.2 Å². The van der Waals surface area contributed by atoms with E-state index in [2.05, 4.69) is 0 Å². The van der Waals surface area contributed by atoms with Gasteiger partial charge in [-0.3, -0.25) is 9.59 Å². The second kappa shape index (κ2) is 6.42. The van der Waals surface area contributed by atoms with Crippen molar-refractivity contribution in [2.45, 2.75) is 26.8 Å². The fourth-order valence-corrected chi connectivity index (χ4v) is 2.21. The van der Waals surface area contributed by atoms with E-state index in [0.29, 0.717) is 6.04 Å². The highest BCUT2D eigenvalue weighted by Crippen LogP contribution is 1.99. The Morgan fingerprint density at radius 1 is 1.23 bits per heavy atom. The minimum absolute atomic E-state index is 0.401. The fraction of sp³-hybridized carbons (Fsp3) is 0.500. The van der Waals surface area contributed by atoms with Gasteiger partial charge in [-0.25, -0.2) is 0 Å². The number of carbonyl (C=O) groups is 2. The van der Waals surface area contributed by atoms with E-state index in [4.69, 9.17) is 8.85 Å². The van der Waals surface area contributed by atoms with Gasteiger partial charge in [0, 0.05) is 19.9 Å². The molecule has 0 bridgehead atoms. The van der Waals surface area contributed by atoms with E-state index in [0.717, 1.165) is 0 Å². The molecule has 0 spiro atoms. The van der Waals surface area contributed by atoms with Gasteiger partial charge in [-0.2, -0.15) is 0 Å². The number of hydrogen-bond donors (Lipinski definition) is 0. The molecule has 0 aliphatic rings. The Morgan fingerprint density at radius 2 is 1.69 bits per heavy atom. The minimum atomic E-state index is -2.15. The number of hydrogen-bond acceptors (Lipinski definition) is 4. The van der Waals surface area contributed by atoms with Gasteiger partial charge in [0.05, 0.1) is 0 Å². The van der Waals surface area contributed by atoms with Crippen LogP contribution in [0.1, 0.15) is 20.8 Å². The Balaban J connectivity index is 4.01. The average molecular weight is 202 g/mol. The molecule has 0 aliphatic carbocycles. The highest BCUT2D eigenvalue weighted by atomic mass is 28.3. The normalized spacial score (nSPS) is 10.5. The molecule has 0 heterocycles. The average Bonchev–Trinajstić information content (AvgIpc) is 1.98. The van der Waals surface area contributed by atoms with E-state index in [-0.39, 0.29) is 0 Å². The summed E-state index contributed by atoms with van der Waals surface area (Å²) in [5.74, 6) is -0.801. The number of rotatable bonds is 4. The van der Waals surface area contributed by atoms with Gasteiger partial charge in [-0.05, 0) is 6.92 Å². The first kappa shape index (κ1) is 11.9. The minimum Gasteiger partial charge on any atom is -0.487 e. The zero-order chi connectivity index (χ0) is 10.3. The summed E-state index contributed by atoms with van der Waals surface area (Å²) in [6, 6.07) is 0.523. The molecule has 0 saturated carbocycles. The Bertz CT molecular complexity index is 196. The summed E-state index contributed by atoms with van der Waals surface area (Å²) in [6.07, 6.45) is 3.65. The monoisotopic (exact) mass is 202 g/mol. The molecule has 0 aromatic rings. The zero-order valence-electron chi connectivity index (χ0n) is 8.07. The van der Waals surface area contributed by atoms with E-state index < -0.39 is 21.2 Å². The van der Waals surface area contributed by atoms with Gasteiger partial charge in [0.25, 0.3) is 11.9 Å². The van der Waals surface area contributed by atoms with Crippen LogP contribution in [0, 0.1) is 0 Å². The van der Waals surface area contributed by atoms with Gasteiger partial charge in [0.2, 0.25) is 0 Å². The Hall–Kier alpha value is -1.10. The van der Waals surface area contributed by atoms with Gasteiger partial charge in [0.1, 0.15) is 0 Å². The predicted molar refractivity (Wildman–Crippen MR) is 50.3 cm³/mol. The zero-order valence-corrected chi connectivity index (χ0v) is 9.23. The third-order valence-corrected chi connectivity index (χ3v) is 3.01. The highest BCUT2D eigenvalue weighted by molar-refractivity contribution is 6.49. The lowest BCUT2D eigenvalue weighted by atomic mass is 10.6. The van der Waals surface area contributed by atoms with Crippen LogP contribution in [0.2, 0.25) is 6.04 Å². The summed E-state index contributed by atoms with van der Waals surface area (Å²) >= 11 is 0. The number of allylic oxidation sites excluding steroid dienone is 2. The van der Waals surface area contributed by atoms with Gasteiger partial charge >= 0.3 is 9.28 Å². The summed E-state index contributed by atoms with van der Waals surface area (Å²) in [5, 5.41) is 0. The van der Waals surface area contributed by atoms with Crippen LogP contribution >= 0.6 is 0 Å². The maximum Gasteiger partial charge on any atom is 0.451 e. The first-order chi connectivity index (χ1) is 6.06. The summed E-state index contributed by atoms with van der Waals surface area (Å²) < 4.78 is 9.74. The largest absolute Gasteiger partial charge is 0.487 e. The molecule has 5 heteroatoms. The van der Waals surface area contributed by atoms with Crippen LogP contribution in [0.3, 0.4) is 0 Å². The maximum absolute atomic E-state index is 10.6. The summed E-state index contributed by atoms with van der Waals surface area (Å²) in [7, 11) is -2.15. The Morgan fingerprint density at radius 3 is 2.00 bits per heavy atom. The molecular formula is C8H14O4Si. The first-order valence-corrected chi connectivity index (χ1v) is 5.77. The number of carbonyl (C=O) groups excluding carboxylic acids is 2. The molecule has 0 aliphatic heterocycles. The van der Waals surface area contributed by atoms with Gasteiger partial charge in [-0.1, -0.05) is 12.2 Å². The van der Waals surface area contributed by atoms with E-state index in [1.165, 1.54) is 13.8 Å². The van der Waals surface area contributed by atoms with E-state index >= 15 is 0 Å². The molecule has 0 saturated heterocycles. The van der Waals surface area contributed by atoms with E-state index in [1.807, 2.05) is 19.1 Å². The summed E-state index contributed by atoms with van der Waals surface area (Å²) in [6.45, 7) is 4.46. The molecule has 0 aromatic heterocycles. The molecule has 0 atom stereocenters. The van der Waals surface area contributed by atoms with Crippen LogP contribution in [0.5, 0.6) is 0 Å². The van der Waals surface area contributed by atoms with Gasteiger partial charge < -0.3 is 8.85 Å². The van der Waals surface area contributed by atoms with Gasteiger partial charge in [-0.15, -0.1) is 0 Å². The molecule has 0 rings (SSSR count). The quantitative estimate of drug-likeness (QED) is 0.502. The van der Waals surface area contributed by atoms with Gasteiger partial charge in [0.15, 0.2) is 0 Å². The lowest BCUT2D eigenvalue weighted by Crippen LogP contribution is -2.26. The summed E-state index contributed by atoms with van der Waals surface area (Å²) in [5.41, 5.74) is 0. The standard InChI is InChI=1S/C8H14O4Si/c1-4-5-6-13(11-7(2)9)12-8(3)10/h4-5,13H,6H2,1-3H3. The lowest BCUT2D eigenvalue weighted by Gasteiger charge is -2.12. The third-order valence-electron chi connectivity index (χ3n) is 1.16. The van der Waals surface area contributed by atoms with Crippen molar-refractivity contribution in [1.29, 1.82) is 0 Å². The van der Waals surface area contributed by atoms with Crippen molar-refractivity contribution >= 4 is 21.2 Å². The molecule has 0 N–H and O–H groups in total. The van der Waals surface area contributed by atoms with Crippen molar-refractivity contribution in [1.82, 2.24) is 0 Å². The SMILES string of the molecule is CC=CC[SiH](OC(C)=O)OC(C)=O. The predicted octanol–water partition coefficient (Wildman–Crippen LogP) is 0.909. The van der Waals surface area contributed by atoms with Crippen LogP contribution in [0.25, 0.3) is 0 Å². The second-order valence-corrected chi connectivity index (χ2v) is 4.26. The lowest BCUT2D eigenvalue weighted by molar-refractivity contribution is -0.137. The van der Waals surface area contributed by atoms with Crippen molar-refractivity contribution in [3.05, 3.63) is 12.2 Å². The van der Waals surface area contributed by atoms with Crippen molar-refractivity contribution in [2.75, 3.05) is 0 Å². The van der Waals surface area contributed by atoms with E-state index in [9.17, 15) is 9.59 Å². The topological polar surface area (TPSA) is 52.6 Å². The molecule has 74 valence electrons. The molecule has 0 aromatic carbocycles. The molecule has 0 radical (unpaired) electrons. The second-order valence-electron chi connectivity index (χ2n) is 2.45. The van der Waals surface area contributed by atoms with Crippen LogP contribution in [0.4, 0.5) is 0 Å². The van der Waals surface area contributed by atoms with Crippen molar-refractivity contribution in [2.24, 2.45) is 0 Å². The maximum atomic E-state index is 10.6. The van der Waals surface area contributed by atoms with E-state index in [1.54, 1.807) is 0 Å². The van der Waals surface area contributed by atoms with Crippen molar-refractivity contribution in [3.8, 4) is 0 Å². The molecule has 0 amide bonds. The fourth-order valence-electron chi connectivity index (χ4n) is 0.738. The Labute approximate surface area is 79.4 Å². The van der Waals surface area contributed by atoms with Crippen molar-refractivity contribution in [3.63, 3.8) is 0 Å². The molecule has 0 unspecified atom stereocenters. The van der Waals surface area contributed by atoms with Crippen LogP contribution in [-0.4, -0.2) is 21.2 Å². The molecule has 13 heavy (non-hydrogen) atoms. The summed E-state index contributed by atoms with van der Waals surface area (Å²) in [4.78, 5) is 21.2. The third kappa shape index (κ3) is 7.26. The molecular weight excluding hydrogens is 188 g/mol. The molecule has 4 nitrogen and oxygen atoms in total. The highest BCUT2D eigenvalue weighted by Gasteiger charge is 2.17. The first-order valence-electron chi connectivity index (χ1n) is 4.02. The molecule has 0 fully saturated rings. The van der Waals surface area contributed by atoms with Crippen LogP contribution in [-0.2, 0) is 18.4 Å². The van der Waals surface area contributed by atoms with Crippen LogP contribution < -0.4 is 0 Å².